The Morgan fingerprint density at radius 2 is 1.80 bits per heavy atom. The van der Waals surface area contributed by atoms with E-state index in [1.807, 2.05) is 35.0 Å². The molecule has 5 aromatic rings. The van der Waals surface area contributed by atoms with Gasteiger partial charge in [-0.15, -0.1) is 0 Å². The molecule has 1 aliphatic rings. The van der Waals surface area contributed by atoms with Crippen LogP contribution in [0.25, 0.3) is 11.3 Å². The van der Waals surface area contributed by atoms with Crippen LogP contribution in [0, 0.1) is 0 Å². The molecule has 0 atom stereocenters. The zero-order valence-corrected chi connectivity index (χ0v) is 18.8. The van der Waals surface area contributed by atoms with Crippen molar-refractivity contribution in [2.45, 2.75) is 25.8 Å². The molecular formula is C26H22N6O3. The van der Waals surface area contributed by atoms with Crippen LogP contribution in [0.15, 0.2) is 84.0 Å². The summed E-state index contributed by atoms with van der Waals surface area (Å²) in [6.45, 7) is 0.706. The van der Waals surface area contributed by atoms with E-state index in [2.05, 4.69) is 15.4 Å². The van der Waals surface area contributed by atoms with Crippen LogP contribution in [-0.4, -0.2) is 29.9 Å². The second kappa shape index (κ2) is 8.60. The molecule has 0 spiro atoms. The molecular weight excluding hydrogens is 444 g/mol. The summed E-state index contributed by atoms with van der Waals surface area (Å²) in [5.74, 6) is 0.757. The van der Waals surface area contributed by atoms with Crippen LogP contribution in [0.2, 0.25) is 0 Å². The predicted octanol–water partition coefficient (Wildman–Crippen LogP) is 4.06. The van der Waals surface area contributed by atoms with Gasteiger partial charge in [-0.1, -0.05) is 18.2 Å². The van der Waals surface area contributed by atoms with E-state index >= 15 is 0 Å². The number of anilines is 1. The first-order valence-electron chi connectivity index (χ1n) is 11.5. The molecule has 0 saturated heterocycles. The van der Waals surface area contributed by atoms with E-state index in [1.54, 1.807) is 58.1 Å². The van der Waals surface area contributed by atoms with E-state index < -0.39 is 5.91 Å². The van der Waals surface area contributed by atoms with Gasteiger partial charge >= 0.3 is 0 Å². The number of para-hydroxylation sites is 1. The third-order valence-corrected chi connectivity index (χ3v) is 6.11. The van der Waals surface area contributed by atoms with Gasteiger partial charge in [-0.05, 0) is 55.7 Å². The van der Waals surface area contributed by atoms with Gasteiger partial charge in [0.25, 0.3) is 11.5 Å². The number of hydrogen-bond donors (Lipinski definition) is 1. The number of fused-ring (bicyclic) bond motifs is 2. The second-order valence-electron chi connectivity index (χ2n) is 8.33. The highest BCUT2D eigenvalue weighted by atomic mass is 16.5. The van der Waals surface area contributed by atoms with Crippen molar-refractivity contribution in [2.24, 2.45) is 0 Å². The number of benzene rings is 2. The van der Waals surface area contributed by atoms with Crippen molar-refractivity contribution in [1.82, 2.24) is 24.0 Å². The van der Waals surface area contributed by atoms with Gasteiger partial charge in [-0.3, -0.25) is 14.3 Å². The third-order valence-electron chi connectivity index (χ3n) is 6.11. The van der Waals surface area contributed by atoms with Crippen LogP contribution in [0.1, 0.15) is 28.9 Å². The van der Waals surface area contributed by atoms with E-state index in [-0.39, 0.29) is 11.1 Å². The van der Waals surface area contributed by atoms with Crippen molar-refractivity contribution >= 4 is 17.2 Å². The van der Waals surface area contributed by atoms with Crippen LogP contribution in [0.4, 0.5) is 5.69 Å². The quantitative estimate of drug-likeness (QED) is 0.421. The average Bonchev–Trinajstić information content (AvgIpc) is 3.48. The van der Waals surface area contributed by atoms with Crippen LogP contribution in [0.5, 0.6) is 11.5 Å². The maximum absolute atomic E-state index is 13.4. The summed E-state index contributed by atoms with van der Waals surface area (Å²) in [4.78, 5) is 30.9. The van der Waals surface area contributed by atoms with Crippen molar-refractivity contribution in [1.29, 1.82) is 0 Å². The number of nitrogens with zero attached hydrogens (tertiary/aromatic N) is 5. The summed E-state index contributed by atoms with van der Waals surface area (Å²) in [6.07, 6.45) is 7.65. The summed E-state index contributed by atoms with van der Waals surface area (Å²) >= 11 is 0. The highest BCUT2D eigenvalue weighted by molar-refractivity contribution is 6.05. The van der Waals surface area contributed by atoms with Gasteiger partial charge < -0.3 is 10.1 Å². The fourth-order valence-electron chi connectivity index (χ4n) is 4.51. The fourth-order valence-corrected chi connectivity index (χ4v) is 4.51. The molecule has 1 N–H and O–H groups in total. The molecule has 174 valence electrons. The zero-order chi connectivity index (χ0) is 23.8. The van der Waals surface area contributed by atoms with Crippen molar-refractivity contribution in [3.63, 3.8) is 0 Å². The molecule has 9 heteroatoms. The molecule has 2 aromatic carbocycles. The largest absolute Gasteiger partial charge is 0.453 e. The molecule has 0 unspecified atom stereocenters. The van der Waals surface area contributed by atoms with Crippen LogP contribution >= 0.6 is 0 Å². The summed E-state index contributed by atoms with van der Waals surface area (Å²) in [5, 5.41) is 7.06. The van der Waals surface area contributed by atoms with Crippen LogP contribution < -0.4 is 15.6 Å². The van der Waals surface area contributed by atoms with Crippen molar-refractivity contribution in [3.8, 4) is 17.2 Å². The van der Waals surface area contributed by atoms with E-state index in [0.717, 1.165) is 24.2 Å². The number of ether oxygens (including phenoxy) is 1. The highest BCUT2D eigenvalue weighted by Gasteiger charge is 2.27. The Kier molecular flexibility index (Phi) is 5.14. The molecule has 0 bridgehead atoms. The van der Waals surface area contributed by atoms with Crippen molar-refractivity contribution in [2.75, 3.05) is 5.32 Å². The normalized spacial score (nSPS) is 12.9. The molecule has 0 radical (unpaired) electrons. The molecule has 1 aliphatic heterocycles. The third kappa shape index (κ3) is 3.76. The molecule has 0 fully saturated rings. The molecule has 9 nitrogen and oxygen atoms in total. The molecule has 0 saturated carbocycles. The minimum atomic E-state index is -0.405. The molecule has 0 aliphatic carbocycles. The minimum Gasteiger partial charge on any atom is -0.453 e. The monoisotopic (exact) mass is 466 g/mol. The zero-order valence-electron chi connectivity index (χ0n) is 18.8. The van der Waals surface area contributed by atoms with Gasteiger partial charge in [0.15, 0.2) is 11.4 Å². The molecule has 3 aromatic heterocycles. The van der Waals surface area contributed by atoms with Gasteiger partial charge in [0.2, 0.25) is 0 Å². The fraction of sp³-hybridized carbons (Fsp3) is 0.154. The van der Waals surface area contributed by atoms with E-state index in [1.165, 1.54) is 0 Å². The van der Waals surface area contributed by atoms with Crippen LogP contribution in [0.3, 0.4) is 0 Å². The topological polar surface area (TPSA) is 95.4 Å². The average molecular weight is 467 g/mol. The van der Waals surface area contributed by atoms with Gasteiger partial charge in [0.05, 0.1) is 17.6 Å². The number of amides is 1. The van der Waals surface area contributed by atoms with Crippen molar-refractivity contribution < 1.29 is 9.53 Å². The number of nitrogens with one attached hydrogen (secondary N) is 1. The maximum Gasteiger partial charge on any atom is 0.284 e. The maximum atomic E-state index is 13.4. The van der Waals surface area contributed by atoms with E-state index in [9.17, 15) is 9.59 Å². The molecule has 4 heterocycles. The van der Waals surface area contributed by atoms with Gasteiger partial charge in [0.1, 0.15) is 11.3 Å². The van der Waals surface area contributed by atoms with Gasteiger partial charge in [-0.25, -0.2) is 14.2 Å². The van der Waals surface area contributed by atoms with E-state index in [4.69, 9.17) is 4.74 Å². The first-order valence-corrected chi connectivity index (χ1v) is 11.5. The predicted molar refractivity (Wildman–Crippen MR) is 130 cm³/mol. The number of imidazole rings is 1. The number of carbonyl (C=O) groups excluding carboxylic acids is 1. The Bertz CT molecular complexity index is 1580. The standard InChI is InChI=1S/C26H22N6O3/c33-25(23-21-8-4-5-16-31(21)32(26(23)34)19-6-2-1-3-7-19)29-18-9-11-20(12-10-18)35-22-13-14-28-30-17-15-27-24(22)30/h1-3,6-7,9-15,17H,4-5,8,16H2,(H,29,33). The summed E-state index contributed by atoms with van der Waals surface area (Å²) in [6, 6.07) is 18.2. The minimum absolute atomic E-state index is 0.201. The summed E-state index contributed by atoms with van der Waals surface area (Å²) in [5.41, 5.74) is 2.62. The van der Waals surface area contributed by atoms with Gasteiger partial charge in [0, 0.05) is 30.7 Å². The summed E-state index contributed by atoms with van der Waals surface area (Å²) in [7, 11) is 0. The lowest BCUT2D eigenvalue weighted by atomic mass is 10.1. The lowest BCUT2D eigenvalue weighted by molar-refractivity contribution is 0.102. The lowest BCUT2D eigenvalue weighted by Gasteiger charge is -2.19. The molecule has 1 amide bonds. The summed E-state index contributed by atoms with van der Waals surface area (Å²) < 4.78 is 11.1. The van der Waals surface area contributed by atoms with E-state index in [0.29, 0.717) is 35.8 Å². The Hall–Kier alpha value is -4.66. The number of aromatic nitrogens is 5. The Labute approximate surface area is 200 Å². The Morgan fingerprint density at radius 3 is 2.63 bits per heavy atom. The Morgan fingerprint density at radius 1 is 0.971 bits per heavy atom. The molecule has 35 heavy (non-hydrogen) atoms. The van der Waals surface area contributed by atoms with Crippen LogP contribution in [-0.2, 0) is 13.0 Å². The highest BCUT2D eigenvalue weighted by Crippen LogP contribution is 2.26. The Balaban J connectivity index is 1.26. The molecule has 6 rings (SSSR count). The number of hydrogen-bond acceptors (Lipinski definition) is 5. The smallest absolute Gasteiger partial charge is 0.284 e. The van der Waals surface area contributed by atoms with Gasteiger partial charge in [-0.2, -0.15) is 5.10 Å². The second-order valence-corrected chi connectivity index (χ2v) is 8.33. The first-order chi connectivity index (χ1) is 17.2. The lowest BCUT2D eigenvalue weighted by Crippen LogP contribution is -2.25. The number of rotatable bonds is 5. The first kappa shape index (κ1) is 20.9. The SMILES string of the molecule is O=C(Nc1ccc(Oc2ccnn3ccnc23)cc1)c1c2n(n(-c3ccccc3)c1=O)CCCC2. The van der Waals surface area contributed by atoms with Crippen molar-refractivity contribution in [3.05, 3.63) is 101 Å². The number of carbonyl (C=O) groups is 1.